The molecular weight excluding hydrogens is 136 g/mol. The van der Waals surface area contributed by atoms with E-state index in [1.165, 1.54) is 11.1 Å². The summed E-state index contributed by atoms with van der Waals surface area (Å²) in [6, 6.07) is 0. The zero-order chi connectivity index (χ0) is 7.68. The van der Waals surface area contributed by atoms with Gasteiger partial charge in [0.05, 0.1) is 11.9 Å². The van der Waals surface area contributed by atoms with Crippen molar-refractivity contribution < 1.29 is 0 Å². The van der Waals surface area contributed by atoms with Crippen molar-refractivity contribution in [2.24, 2.45) is 0 Å². The van der Waals surface area contributed by atoms with Crippen LogP contribution in [0.25, 0.3) is 6.08 Å². The number of rotatable bonds is 0. The molecule has 2 rings (SSSR count). The van der Waals surface area contributed by atoms with E-state index in [1.807, 2.05) is 13.1 Å². The highest BCUT2D eigenvalue weighted by Gasteiger charge is 2.07. The first-order chi connectivity index (χ1) is 5.38. The third kappa shape index (κ3) is 1.04. The maximum Gasteiger partial charge on any atom is 0.0638 e. The summed E-state index contributed by atoms with van der Waals surface area (Å²) in [5.41, 5.74) is 3.68. The standard InChI is InChI=1S/C9H10N2/c1-7-9-5-3-2-4-8(9)6-10-11-7/h2,4,6H,3,5H2,1H3. The lowest BCUT2D eigenvalue weighted by Crippen LogP contribution is -2.01. The summed E-state index contributed by atoms with van der Waals surface area (Å²) in [6.45, 7) is 2.02. The Morgan fingerprint density at radius 2 is 2.36 bits per heavy atom. The molecule has 0 radical (unpaired) electrons. The van der Waals surface area contributed by atoms with Crippen molar-refractivity contribution in [3.05, 3.63) is 29.1 Å². The number of allylic oxidation sites excluding steroid dienone is 1. The second kappa shape index (κ2) is 2.46. The monoisotopic (exact) mass is 146 g/mol. The molecule has 11 heavy (non-hydrogen) atoms. The van der Waals surface area contributed by atoms with Gasteiger partial charge in [-0.2, -0.15) is 10.2 Å². The van der Waals surface area contributed by atoms with Crippen LogP contribution in [0, 0.1) is 6.92 Å². The summed E-state index contributed by atoms with van der Waals surface area (Å²) in [6.07, 6.45) is 8.40. The molecule has 0 unspecified atom stereocenters. The average Bonchev–Trinajstić information content (AvgIpc) is 2.06. The van der Waals surface area contributed by atoms with Gasteiger partial charge in [-0.25, -0.2) is 0 Å². The maximum absolute atomic E-state index is 4.01. The lowest BCUT2D eigenvalue weighted by atomic mass is 9.98. The normalized spacial score (nSPS) is 14.6. The number of hydrogen-bond acceptors (Lipinski definition) is 2. The van der Waals surface area contributed by atoms with Crippen molar-refractivity contribution in [2.75, 3.05) is 0 Å². The zero-order valence-corrected chi connectivity index (χ0v) is 6.54. The zero-order valence-electron chi connectivity index (χ0n) is 6.54. The lowest BCUT2D eigenvalue weighted by molar-refractivity contribution is 0.887. The fourth-order valence-corrected chi connectivity index (χ4v) is 1.43. The minimum Gasteiger partial charge on any atom is -0.158 e. The number of aromatic nitrogens is 2. The third-order valence-corrected chi connectivity index (χ3v) is 2.05. The highest BCUT2D eigenvalue weighted by molar-refractivity contribution is 5.55. The van der Waals surface area contributed by atoms with Gasteiger partial charge in [0.1, 0.15) is 0 Å². The van der Waals surface area contributed by atoms with Gasteiger partial charge in [-0.05, 0) is 30.9 Å². The summed E-state index contributed by atoms with van der Waals surface area (Å²) in [4.78, 5) is 0. The van der Waals surface area contributed by atoms with E-state index in [-0.39, 0.29) is 0 Å². The molecule has 0 saturated carbocycles. The first kappa shape index (κ1) is 6.53. The second-order valence-corrected chi connectivity index (χ2v) is 2.80. The molecule has 2 nitrogen and oxygen atoms in total. The van der Waals surface area contributed by atoms with Crippen molar-refractivity contribution in [1.29, 1.82) is 0 Å². The Hall–Kier alpha value is -1.18. The van der Waals surface area contributed by atoms with Gasteiger partial charge >= 0.3 is 0 Å². The minimum absolute atomic E-state index is 1.08. The smallest absolute Gasteiger partial charge is 0.0638 e. The van der Waals surface area contributed by atoms with Gasteiger partial charge < -0.3 is 0 Å². The first-order valence-corrected chi connectivity index (χ1v) is 3.85. The van der Waals surface area contributed by atoms with E-state index in [0.717, 1.165) is 18.5 Å². The largest absolute Gasteiger partial charge is 0.158 e. The van der Waals surface area contributed by atoms with Crippen LogP contribution in [0.4, 0.5) is 0 Å². The molecule has 1 aliphatic carbocycles. The van der Waals surface area contributed by atoms with Crippen LogP contribution in [-0.4, -0.2) is 10.2 Å². The van der Waals surface area contributed by atoms with Crippen LogP contribution in [0.1, 0.15) is 23.2 Å². The quantitative estimate of drug-likeness (QED) is 0.557. The average molecular weight is 146 g/mol. The van der Waals surface area contributed by atoms with Crippen LogP contribution in [0.2, 0.25) is 0 Å². The van der Waals surface area contributed by atoms with Gasteiger partial charge in [0, 0.05) is 0 Å². The van der Waals surface area contributed by atoms with E-state index in [9.17, 15) is 0 Å². The van der Waals surface area contributed by atoms with Crippen molar-refractivity contribution in [1.82, 2.24) is 10.2 Å². The van der Waals surface area contributed by atoms with Gasteiger partial charge in [0.2, 0.25) is 0 Å². The van der Waals surface area contributed by atoms with E-state index in [4.69, 9.17) is 0 Å². The first-order valence-electron chi connectivity index (χ1n) is 3.85. The maximum atomic E-state index is 4.01. The second-order valence-electron chi connectivity index (χ2n) is 2.80. The molecule has 0 fully saturated rings. The number of aryl methyl sites for hydroxylation is 1. The summed E-state index contributed by atoms with van der Waals surface area (Å²) in [7, 11) is 0. The summed E-state index contributed by atoms with van der Waals surface area (Å²) >= 11 is 0. The van der Waals surface area contributed by atoms with Crippen molar-refractivity contribution in [3.63, 3.8) is 0 Å². The topological polar surface area (TPSA) is 25.8 Å². The Labute approximate surface area is 66.0 Å². The Morgan fingerprint density at radius 1 is 1.45 bits per heavy atom. The van der Waals surface area contributed by atoms with Gasteiger partial charge in [-0.1, -0.05) is 12.2 Å². The molecule has 0 N–H and O–H groups in total. The van der Waals surface area contributed by atoms with Gasteiger partial charge in [0.15, 0.2) is 0 Å². The molecule has 1 aromatic rings. The molecule has 56 valence electrons. The molecule has 0 aliphatic heterocycles. The molecule has 0 spiro atoms. The van der Waals surface area contributed by atoms with Crippen LogP contribution in [0.5, 0.6) is 0 Å². The summed E-state index contributed by atoms with van der Waals surface area (Å²) in [5.74, 6) is 0. The Bertz CT molecular complexity index is 302. The Kier molecular flexibility index (Phi) is 1.46. The van der Waals surface area contributed by atoms with E-state index in [0.29, 0.717) is 0 Å². The number of hydrogen-bond donors (Lipinski definition) is 0. The molecule has 1 aliphatic rings. The van der Waals surface area contributed by atoms with E-state index < -0.39 is 0 Å². The Balaban J connectivity index is 2.60. The van der Waals surface area contributed by atoms with Crippen LogP contribution in [0.3, 0.4) is 0 Å². The van der Waals surface area contributed by atoms with Crippen molar-refractivity contribution >= 4 is 6.08 Å². The summed E-state index contributed by atoms with van der Waals surface area (Å²) < 4.78 is 0. The molecular formula is C9H10N2. The fourth-order valence-electron chi connectivity index (χ4n) is 1.43. The molecule has 1 heterocycles. The molecule has 2 heteroatoms. The predicted octanol–water partition coefficient (Wildman–Crippen LogP) is 1.74. The highest BCUT2D eigenvalue weighted by Crippen LogP contribution is 2.19. The number of fused-ring (bicyclic) bond motifs is 1. The SMILES string of the molecule is Cc1nncc2c1CCC=C2. The molecule has 0 bridgehead atoms. The van der Waals surface area contributed by atoms with Gasteiger partial charge in [-0.15, -0.1) is 0 Å². The van der Waals surface area contributed by atoms with E-state index in [2.05, 4.69) is 22.3 Å². The van der Waals surface area contributed by atoms with Crippen molar-refractivity contribution in [2.45, 2.75) is 19.8 Å². The third-order valence-electron chi connectivity index (χ3n) is 2.05. The fraction of sp³-hybridized carbons (Fsp3) is 0.333. The Morgan fingerprint density at radius 3 is 3.18 bits per heavy atom. The van der Waals surface area contributed by atoms with Crippen molar-refractivity contribution in [3.8, 4) is 0 Å². The van der Waals surface area contributed by atoms with E-state index in [1.54, 1.807) is 0 Å². The summed E-state index contributed by atoms with van der Waals surface area (Å²) in [5, 5.41) is 7.90. The molecule has 0 aromatic carbocycles. The highest BCUT2D eigenvalue weighted by atomic mass is 15.1. The minimum atomic E-state index is 1.08. The van der Waals surface area contributed by atoms with Crippen LogP contribution < -0.4 is 0 Å². The van der Waals surface area contributed by atoms with Crippen LogP contribution in [0.15, 0.2) is 12.3 Å². The molecule has 0 amide bonds. The van der Waals surface area contributed by atoms with Crippen LogP contribution in [-0.2, 0) is 6.42 Å². The van der Waals surface area contributed by atoms with E-state index >= 15 is 0 Å². The van der Waals surface area contributed by atoms with Gasteiger partial charge in [0.25, 0.3) is 0 Å². The predicted molar refractivity (Wildman–Crippen MR) is 44.1 cm³/mol. The number of nitrogens with zero attached hydrogens (tertiary/aromatic N) is 2. The molecule has 1 aromatic heterocycles. The lowest BCUT2D eigenvalue weighted by Gasteiger charge is -2.10. The molecule has 0 saturated heterocycles. The van der Waals surface area contributed by atoms with Gasteiger partial charge in [-0.3, -0.25) is 0 Å². The van der Waals surface area contributed by atoms with Crippen LogP contribution >= 0.6 is 0 Å². The molecule has 0 atom stereocenters.